The van der Waals surface area contributed by atoms with E-state index in [-0.39, 0.29) is 16.3 Å². The molecule has 3 nitrogen and oxygen atoms in total. The fourth-order valence-corrected chi connectivity index (χ4v) is 1.93. The quantitative estimate of drug-likeness (QED) is 0.629. The topological polar surface area (TPSA) is 46.2 Å². The summed E-state index contributed by atoms with van der Waals surface area (Å²) >= 11 is 1.13. The van der Waals surface area contributed by atoms with E-state index in [9.17, 15) is 9.59 Å². The van der Waals surface area contributed by atoms with E-state index < -0.39 is 0 Å². The lowest BCUT2D eigenvalue weighted by Crippen LogP contribution is -2.38. The molecule has 1 amide bonds. The summed E-state index contributed by atoms with van der Waals surface area (Å²) in [6.07, 6.45) is 1.81. The van der Waals surface area contributed by atoms with Gasteiger partial charge in [0.25, 0.3) is 0 Å². The van der Waals surface area contributed by atoms with Gasteiger partial charge in [-0.3, -0.25) is 9.59 Å². The highest BCUT2D eigenvalue weighted by atomic mass is 32.2. The predicted octanol–water partition coefficient (Wildman–Crippen LogP) is 0.545. The van der Waals surface area contributed by atoms with Crippen LogP contribution in [0.3, 0.4) is 0 Å². The van der Waals surface area contributed by atoms with Gasteiger partial charge in [0.05, 0.1) is 5.25 Å². The molecule has 0 saturated carbocycles. The van der Waals surface area contributed by atoms with Gasteiger partial charge in [-0.25, -0.2) is 0 Å². The number of piperidine rings is 1. The third-order valence-electron chi connectivity index (χ3n) is 1.54. The maximum atomic E-state index is 11.0. The summed E-state index contributed by atoms with van der Waals surface area (Å²) in [6, 6.07) is 0. The first-order chi connectivity index (χ1) is 5.20. The zero-order chi connectivity index (χ0) is 8.27. The molecule has 0 aromatic heterocycles. The van der Waals surface area contributed by atoms with Gasteiger partial charge in [-0.05, 0) is 12.8 Å². The van der Waals surface area contributed by atoms with Crippen LogP contribution in [0.15, 0.2) is 0 Å². The standard InChI is InChI=1S/C7H11NO2S/c1-5(9)11-6-3-2-4-8-7(6)10/h6H,2-4H2,1H3,(H,8,10). The molecule has 0 radical (unpaired) electrons. The predicted molar refractivity (Wildman–Crippen MR) is 44.3 cm³/mol. The molecule has 1 unspecified atom stereocenters. The molecular formula is C7H11NO2S. The largest absolute Gasteiger partial charge is 0.355 e. The van der Waals surface area contributed by atoms with Crippen LogP contribution in [0, 0.1) is 0 Å². The minimum Gasteiger partial charge on any atom is -0.355 e. The fourth-order valence-electron chi connectivity index (χ4n) is 1.06. The lowest BCUT2D eigenvalue weighted by atomic mass is 10.1. The summed E-state index contributed by atoms with van der Waals surface area (Å²) in [5, 5.41) is 2.61. The number of thioether (sulfide) groups is 1. The second kappa shape index (κ2) is 3.76. The Labute approximate surface area is 69.9 Å². The molecule has 1 saturated heterocycles. The van der Waals surface area contributed by atoms with Crippen LogP contribution >= 0.6 is 11.8 Å². The molecule has 1 atom stereocenters. The molecule has 0 bridgehead atoms. The van der Waals surface area contributed by atoms with Gasteiger partial charge in [-0.2, -0.15) is 0 Å². The summed E-state index contributed by atoms with van der Waals surface area (Å²) in [7, 11) is 0. The third kappa shape index (κ3) is 2.54. The monoisotopic (exact) mass is 173 g/mol. The van der Waals surface area contributed by atoms with Gasteiger partial charge in [-0.1, -0.05) is 11.8 Å². The fraction of sp³-hybridized carbons (Fsp3) is 0.714. The zero-order valence-corrected chi connectivity index (χ0v) is 7.24. The normalized spacial score (nSPS) is 24.5. The molecule has 1 rings (SSSR count). The summed E-state index contributed by atoms with van der Waals surface area (Å²) in [4.78, 5) is 21.7. The maximum absolute atomic E-state index is 11.0. The molecule has 0 spiro atoms. The lowest BCUT2D eigenvalue weighted by molar-refractivity contribution is -0.122. The Hall–Kier alpha value is -0.510. The maximum Gasteiger partial charge on any atom is 0.233 e. The van der Waals surface area contributed by atoms with Gasteiger partial charge in [0.15, 0.2) is 5.12 Å². The van der Waals surface area contributed by atoms with Crippen molar-refractivity contribution in [2.45, 2.75) is 25.0 Å². The molecule has 0 aromatic carbocycles. The number of hydrogen-bond donors (Lipinski definition) is 1. The minimum absolute atomic E-state index is 0.0106. The number of carbonyl (C=O) groups excluding carboxylic acids is 2. The first-order valence-electron chi connectivity index (χ1n) is 3.65. The Morgan fingerprint density at radius 3 is 3.00 bits per heavy atom. The first-order valence-corrected chi connectivity index (χ1v) is 4.53. The minimum atomic E-state index is -0.138. The summed E-state index contributed by atoms with van der Waals surface area (Å²) in [5.41, 5.74) is 0. The Morgan fingerprint density at radius 2 is 2.45 bits per heavy atom. The van der Waals surface area contributed by atoms with E-state index in [0.29, 0.717) is 0 Å². The van der Waals surface area contributed by atoms with E-state index in [0.717, 1.165) is 31.1 Å². The van der Waals surface area contributed by atoms with Gasteiger partial charge < -0.3 is 5.32 Å². The number of nitrogens with one attached hydrogen (secondary N) is 1. The Kier molecular flexibility index (Phi) is 2.93. The average molecular weight is 173 g/mol. The van der Waals surface area contributed by atoms with Crippen LogP contribution in [0.5, 0.6) is 0 Å². The van der Waals surface area contributed by atoms with E-state index in [4.69, 9.17) is 0 Å². The Balaban J connectivity index is 2.42. The van der Waals surface area contributed by atoms with E-state index in [2.05, 4.69) is 5.32 Å². The molecule has 62 valence electrons. The highest BCUT2D eigenvalue weighted by Gasteiger charge is 2.23. The van der Waals surface area contributed by atoms with Crippen LogP contribution in [0.1, 0.15) is 19.8 Å². The lowest BCUT2D eigenvalue weighted by Gasteiger charge is -2.19. The summed E-state index contributed by atoms with van der Waals surface area (Å²) in [6.45, 7) is 2.25. The number of hydrogen-bond acceptors (Lipinski definition) is 3. The summed E-state index contributed by atoms with van der Waals surface area (Å²) in [5.74, 6) is 0.0106. The number of amides is 1. The van der Waals surface area contributed by atoms with Crippen molar-refractivity contribution in [3.05, 3.63) is 0 Å². The highest BCUT2D eigenvalue weighted by Crippen LogP contribution is 2.19. The first kappa shape index (κ1) is 8.59. The van der Waals surface area contributed by atoms with Crippen molar-refractivity contribution < 1.29 is 9.59 Å². The van der Waals surface area contributed by atoms with Crippen molar-refractivity contribution in [3.63, 3.8) is 0 Å². The molecule has 0 aromatic rings. The van der Waals surface area contributed by atoms with Gasteiger partial charge >= 0.3 is 0 Å². The van der Waals surface area contributed by atoms with Crippen LogP contribution in [-0.2, 0) is 9.59 Å². The molecule has 1 aliphatic rings. The van der Waals surface area contributed by atoms with Crippen molar-refractivity contribution >= 4 is 22.8 Å². The highest BCUT2D eigenvalue weighted by molar-refractivity contribution is 8.14. The molecule has 1 fully saturated rings. The molecular weight excluding hydrogens is 162 g/mol. The van der Waals surface area contributed by atoms with Crippen LogP contribution in [0.4, 0.5) is 0 Å². The number of rotatable bonds is 1. The molecule has 1 aliphatic heterocycles. The Morgan fingerprint density at radius 1 is 1.73 bits per heavy atom. The van der Waals surface area contributed by atoms with Crippen LogP contribution < -0.4 is 5.32 Å². The smallest absolute Gasteiger partial charge is 0.233 e. The van der Waals surface area contributed by atoms with Crippen molar-refractivity contribution in [2.24, 2.45) is 0 Å². The van der Waals surface area contributed by atoms with Crippen LogP contribution in [0.2, 0.25) is 0 Å². The van der Waals surface area contributed by atoms with Gasteiger partial charge in [0, 0.05) is 13.5 Å². The van der Waals surface area contributed by atoms with Crippen molar-refractivity contribution in [1.82, 2.24) is 5.32 Å². The van der Waals surface area contributed by atoms with Gasteiger partial charge in [0.1, 0.15) is 0 Å². The molecule has 0 aliphatic carbocycles. The Bertz CT molecular complexity index is 181. The average Bonchev–Trinajstić information content (AvgIpc) is 1.93. The molecule has 11 heavy (non-hydrogen) atoms. The second-order valence-corrected chi connectivity index (χ2v) is 3.91. The van der Waals surface area contributed by atoms with Crippen molar-refractivity contribution in [2.75, 3.05) is 6.54 Å². The van der Waals surface area contributed by atoms with E-state index in [1.807, 2.05) is 0 Å². The van der Waals surface area contributed by atoms with E-state index in [1.165, 1.54) is 6.92 Å². The second-order valence-electron chi connectivity index (χ2n) is 2.53. The molecule has 1 N–H and O–H groups in total. The van der Waals surface area contributed by atoms with Crippen LogP contribution in [-0.4, -0.2) is 22.8 Å². The molecule has 1 heterocycles. The SMILES string of the molecule is CC(=O)SC1CCCNC1=O. The van der Waals surface area contributed by atoms with E-state index in [1.54, 1.807) is 0 Å². The van der Waals surface area contributed by atoms with Crippen molar-refractivity contribution in [3.8, 4) is 0 Å². The third-order valence-corrected chi connectivity index (χ3v) is 2.61. The summed E-state index contributed by atoms with van der Waals surface area (Å²) < 4.78 is 0. The van der Waals surface area contributed by atoms with Gasteiger partial charge in [-0.15, -0.1) is 0 Å². The van der Waals surface area contributed by atoms with E-state index >= 15 is 0 Å². The van der Waals surface area contributed by atoms with Crippen molar-refractivity contribution in [1.29, 1.82) is 0 Å². The van der Waals surface area contributed by atoms with Gasteiger partial charge in [0.2, 0.25) is 5.91 Å². The zero-order valence-electron chi connectivity index (χ0n) is 6.42. The number of carbonyl (C=O) groups is 2. The molecule has 4 heteroatoms. The van der Waals surface area contributed by atoms with Crippen LogP contribution in [0.25, 0.3) is 0 Å².